The van der Waals surface area contributed by atoms with Gasteiger partial charge in [-0.15, -0.1) is 0 Å². The fraction of sp³-hybridized carbons (Fsp3) is 0.471. The maximum absolute atomic E-state index is 12.1. The molecule has 2 aromatic rings. The van der Waals surface area contributed by atoms with Gasteiger partial charge in [0, 0.05) is 25.0 Å². The van der Waals surface area contributed by atoms with Gasteiger partial charge in [-0.05, 0) is 43.9 Å². The van der Waals surface area contributed by atoms with E-state index in [4.69, 9.17) is 0 Å². The molecule has 23 heavy (non-hydrogen) atoms. The highest BCUT2D eigenvalue weighted by atomic mass is 16.2. The summed E-state index contributed by atoms with van der Waals surface area (Å²) < 4.78 is 1.98. The zero-order valence-electron chi connectivity index (χ0n) is 13.5. The van der Waals surface area contributed by atoms with E-state index in [1.165, 1.54) is 12.8 Å². The second-order valence-electron chi connectivity index (χ2n) is 6.04. The molecule has 1 fully saturated rings. The fourth-order valence-electron chi connectivity index (χ4n) is 3.07. The summed E-state index contributed by atoms with van der Waals surface area (Å²) in [6, 6.07) is 6.07. The van der Waals surface area contributed by atoms with Crippen molar-refractivity contribution in [3.8, 4) is 0 Å². The number of aromatic nitrogens is 3. The van der Waals surface area contributed by atoms with Gasteiger partial charge in [-0.3, -0.25) is 10.3 Å². The summed E-state index contributed by atoms with van der Waals surface area (Å²) in [6.45, 7) is 2.55. The second-order valence-corrected chi connectivity index (χ2v) is 6.04. The summed E-state index contributed by atoms with van der Waals surface area (Å²) in [7, 11) is 0. The van der Waals surface area contributed by atoms with E-state index in [9.17, 15) is 4.79 Å². The summed E-state index contributed by atoms with van der Waals surface area (Å²) in [6.07, 6.45) is 9.06. The highest BCUT2D eigenvalue weighted by Gasteiger charge is 2.21. The third kappa shape index (κ3) is 4.09. The molecule has 0 bridgehead atoms. The predicted molar refractivity (Wildman–Crippen MR) is 89.4 cm³/mol. The molecule has 0 radical (unpaired) electrons. The molecule has 1 saturated carbocycles. The number of nitrogens with one attached hydrogen (secondary N) is 2. The van der Waals surface area contributed by atoms with Crippen molar-refractivity contribution in [1.29, 1.82) is 0 Å². The van der Waals surface area contributed by atoms with Crippen molar-refractivity contribution >= 4 is 11.8 Å². The first kappa shape index (κ1) is 15.5. The average Bonchev–Trinajstić information content (AvgIpc) is 3.18. The number of carbonyl (C=O) groups excluding carboxylic acids is 1. The van der Waals surface area contributed by atoms with Crippen LogP contribution in [0.25, 0.3) is 0 Å². The Bertz CT molecular complexity index is 646. The van der Waals surface area contributed by atoms with Gasteiger partial charge in [-0.25, -0.2) is 9.48 Å². The van der Waals surface area contributed by atoms with Gasteiger partial charge in [0.25, 0.3) is 0 Å². The highest BCUT2D eigenvalue weighted by Crippen LogP contribution is 2.31. The average molecular weight is 313 g/mol. The topological polar surface area (TPSA) is 71.8 Å². The van der Waals surface area contributed by atoms with Crippen molar-refractivity contribution in [2.24, 2.45) is 0 Å². The Morgan fingerprint density at radius 2 is 2.04 bits per heavy atom. The van der Waals surface area contributed by atoms with E-state index in [0.717, 1.165) is 36.3 Å². The van der Waals surface area contributed by atoms with Crippen molar-refractivity contribution in [2.75, 3.05) is 11.9 Å². The normalized spacial score (nSPS) is 14.8. The Balaban J connectivity index is 1.53. The maximum atomic E-state index is 12.1. The number of nitrogens with zero attached hydrogens (tertiary/aromatic N) is 3. The van der Waals surface area contributed by atoms with E-state index in [1.54, 1.807) is 12.4 Å². The quantitative estimate of drug-likeness (QED) is 0.891. The van der Waals surface area contributed by atoms with Crippen LogP contribution in [-0.4, -0.2) is 27.3 Å². The lowest BCUT2D eigenvalue weighted by molar-refractivity contribution is 0.252. The molecule has 0 spiro atoms. The number of pyridine rings is 1. The Morgan fingerprint density at radius 1 is 1.30 bits per heavy atom. The van der Waals surface area contributed by atoms with Crippen molar-refractivity contribution < 1.29 is 4.79 Å². The number of anilines is 1. The summed E-state index contributed by atoms with van der Waals surface area (Å²) in [5.74, 6) is 0.788. The summed E-state index contributed by atoms with van der Waals surface area (Å²) in [5, 5.41) is 10.4. The van der Waals surface area contributed by atoms with Crippen LogP contribution in [0.1, 0.15) is 43.0 Å². The van der Waals surface area contributed by atoms with Crippen LogP contribution >= 0.6 is 0 Å². The summed E-state index contributed by atoms with van der Waals surface area (Å²) in [4.78, 5) is 16.1. The number of hydrogen-bond acceptors (Lipinski definition) is 3. The molecule has 2 N–H and O–H groups in total. The van der Waals surface area contributed by atoms with Crippen molar-refractivity contribution in [3.63, 3.8) is 0 Å². The van der Waals surface area contributed by atoms with Gasteiger partial charge in [0.1, 0.15) is 5.82 Å². The van der Waals surface area contributed by atoms with E-state index in [2.05, 4.69) is 20.7 Å². The van der Waals surface area contributed by atoms with Crippen LogP contribution in [0.5, 0.6) is 0 Å². The third-order valence-corrected chi connectivity index (χ3v) is 4.22. The van der Waals surface area contributed by atoms with Crippen molar-refractivity contribution in [1.82, 2.24) is 20.1 Å². The SMILES string of the molecule is Cc1cc(NC(=O)NCCc2ccncc2)n(C2CCCC2)n1. The Labute approximate surface area is 136 Å². The minimum atomic E-state index is -0.182. The molecule has 2 amide bonds. The molecule has 0 unspecified atom stereocenters. The largest absolute Gasteiger partial charge is 0.337 e. The lowest BCUT2D eigenvalue weighted by Gasteiger charge is -2.15. The molecule has 122 valence electrons. The minimum Gasteiger partial charge on any atom is -0.337 e. The molecule has 0 saturated heterocycles. The van der Waals surface area contributed by atoms with Gasteiger partial charge in [-0.2, -0.15) is 5.10 Å². The first-order chi connectivity index (χ1) is 11.2. The summed E-state index contributed by atoms with van der Waals surface area (Å²) in [5.41, 5.74) is 2.09. The Kier molecular flexibility index (Phi) is 4.90. The van der Waals surface area contributed by atoms with Crippen LogP contribution in [-0.2, 0) is 6.42 Å². The Hall–Kier alpha value is -2.37. The number of hydrogen-bond donors (Lipinski definition) is 2. The molecule has 1 aliphatic rings. The van der Waals surface area contributed by atoms with Crippen LogP contribution in [0.2, 0.25) is 0 Å². The molecule has 6 heteroatoms. The monoisotopic (exact) mass is 313 g/mol. The molecule has 0 atom stereocenters. The van der Waals surface area contributed by atoms with Crippen LogP contribution in [0, 0.1) is 6.92 Å². The maximum Gasteiger partial charge on any atom is 0.320 e. The van der Waals surface area contributed by atoms with E-state index >= 15 is 0 Å². The van der Waals surface area contributed by atoms with Crippen molar-refractivity contribution in [3.05, 3.63) is 41.9 Å². The number of carbonyl (C=O) groups is 1. The first-order valence-electron chi connectivity index (χ1n) is 8.22. The lowest BCUT2D eigenvalue weighted by atomic mass is 10.2. The van der Waals surface area contributed by atoms with E-state index in [-0.39, 0.29) is 6.03 Å². The van der Waals surface area contributed by atoms with Crippen LogP contribution in [0.15, 0.2) is 30.6 Å². The Morgan fingerprint density at radius 3 is 2.78 bits per heavy atom. The van der Waals surface area contributed by atoms with Gasteiger partial charge < -0.3 is 5.32 Å². The first-order valence-corrected chi connectivity index (χ1v) is 8.22. The zero-order chi connectivity index (χ0) is 16.1. The molecule has 2 heterocycles. The molecule has 6 nitrogen and oxygen atoms in total. The van der Waals surface area contributed by atoms with Crippen LogP contribution in [0.3, 0.4) is 0 Å². The van der Waals surface area contributed by atoms with Crippen molar-refractivity contribution in [2.45, 2.75) is 45.1 Å². The van der Waals surface area contributed by atoms with Crippen LogP contribution in [0.4, 0.5) is 10.6 Å². The highest BCUT2D eigenvalue weighted by molar-refractivity contribution is 5.88. The van der Waals surface area contributed by atoms with Gasteiger partial charge in [0.15, 0.2) is 0 Å². The van der Waals surface area contributed by atoms with E-state index in [1.807, 2.05) is 29.8 Å². The number of urea groups is 1. The van der Waals surface area contributed by atoms with Gasteiger partial charge in [-0.1, -0.05) is 12.8 Å². The minimum absolute atomic E-state index is 0.182. The molecule has 1 aliphatic carbocycles. The number of amides is 2. The van der Waals surface area contributed by atoms with E-state index < -0.39 is 0 Å². The second kappa shape index (κ2) is 7.26. The summed E-state index contributed by atoms with van der Waals surface area (Å²) >= 11 is 0. The zero-order valence-corrected chi connectivity index (χ0v) is 13.5. The lowest BCUT2D eigenvalue weighted by Crippen LogP contribution is -2.31. The fourth-order valence-corrected chi connectivity index (χ4v) is 3.07. The smallest absolute Gasteiger partial charge is 0.320 e. The molecule has 3 rings (SSSR count). The number of aryl methyl sites for hydroxylation is 1. The molecular formula is C17H23N5O. The van der Waals surface area contributed by atoms with E-state index in [0.29, 0.717) is 12.6 Å². The molecule has 0 aromatic carbocycles. The standard InChI is InChI=1S/C17H23N5O/c1-13-12-16(22(21-13)15-4-2-3-5-15)20-17(23)19-11-8-14-6-9-18-10-7-14/h6-7,9-10,12,15H,2-5,8,11H2,1H3,(H2,19,20,23). The van der Waals surface area contributed by atoms with Gasteiger partial charge in [0.2, 0.25) is 0 Å². The van der Waals surface area contributed by atoms with Gasteiger partial charge >= 0.3 is 6.03 Å². The van der Waals surface area contributed by atoms with Crippen LogP contribution < -0.4 is 10.6 Å². The molecule has 0 aliphatic heterocycles. The molecular weight excluding hydrogens is 290 g/mol. The van der Waals surface area contributed by atoms with Gasteiger partial charge in [0.05, 0.1) is 11.7 Å². The molecule has 2 aromatic heterocycles. The number of rotatable bonds is 5. The third-order valence-electron chi connectivity index (χ3n) is 4.22. The predicted octanol–water partition coefficient (Wildman–Crippen LogP) is 3.07.